The molecule has 1 saturated heterocycles. The van der Waals surface area contributed by atoms with Crippen LogP contribution in [0.15, 0.2) is 30.3 Å². The number of nitrogens with zero attached hydrogens (tertiary/aromatic N) is 2. The summed E-state index contributed by atoms with van der Waals surface area (Å²) in [4.78, 5) is 30.8. The van der Waals surface area contributed by atoms with Gasteiger partial charge in [-0.15, -0.1) is 0 Å². The predicted octanol–water partition coefficient (Wildman–Crippen LogP) is 3.55. The number of fused-ring (bicyclic) bond motifs is 1. The Balaban J connectivity index is 1.70. The van der Waals surface area contributed by atoms with E-state index in [4.69, 9.17) is 16.3 Å². The summed E-state index contributed by atoms with van der Waals surface area (Å²) in [6, 6.07) is 8.67. The molecule has 132 valence electrons. The zero-order valence-electron chi connectivity index (χ0n) is 14.4. The van der Waals surface area contributed by atoms with Crippen LogP contribution in [0, 0.1) is 11.8 Å². The minimum Gasteiger partial charge on any atom is -0.452 e. The van der Waals surface area contributed by atoms with Gasteiger partial charge in [0.2, 0.25) is 0 Å². The lowest BCUT2D eigenvalue weighted by Gasteiger charge is -2.34. The zero-order valence-corrected chi connectivity index (χ0v) is 15.1. The highest BCUT2D eigenvalue weighted by Gasteiger charge is 2.26. The third-order valence-electron chi connectivity index (χ3n) is 4.45. The summed E-state index contributed by atoms with van der Waals surface area (Å²) >= 11 is 5.99. The molecule has 1 amide bonds. The smallest absolute Gasteiger partial charge is 0.339 e. The third-order valence-corrected chi connectivity index (χ3v) is 4.65. The van der Waals surface area contributed by atoms with Crippen LogP contribution in [0.2, 0.25) is 5.15 Å². The Hall–Kier alpha value is -2.14. The SMILES string of the molecule is C[C@@H]1C[C@@H](C)CN(C(=O)COC(=O)c2cc(Cl)nc3ccccc23)C1. The number of ether oxygens (including phenoxy) is 1. The van der Waals surface area contributed by atoms with Crippen LogP contribution in [-0.4, -0.2) is 41.5 Å². The number of likely N-dealkylation sites (tertiary alicyclic amines) is 1. The summed E-state index contributed by atoms with van der Waals surface area (Å²) in [7, 11) is 0. The van der Waals surface area contributed by atoms with Gasteiger partial charge in [0.15, 0.2) is 6.61 Å². The van der Waals surface area contributed by atoms with Crippen LogP contribution in [0.1, 0.15) is 30.6 Å². The first-order valence-corrected chi connectivity index (χ1v) is 8.82. The number of pyridine rings is 1. The Morgan fingerprint density at radius 2 is 1.92 bits per heavy atom. The molecule has 1 aliphatic rings. The van der Waals surface area contributed by atoms with Gasteiger partial charge in [0, 0.05) is 18.5 Å². The van der Waals surface area contributed by atoms with Crippen molar-refractivity contribution in [2.75, 3.05) is 19.7 Å². The summed E-state index contributed by atoms with van der Waals surface area (Å²) in [5.74, 6) is 0.209. The van der Waals surface area contributed by atoms with Crippen molar-refractivity contribution in [2.24, 2.45) is 11.8 Å². The van der Waals surface area contributed by atoms with Crippen LogP contribution in [0.3, 0.4) is 0 Å². The highest BCUT2D eigenvalue weighted by Crippen LogP contribution is 2.23. The maximum absolute atomic E-state index is 12.4. The Bertz CT molecular complexity index is 798. The molecule has 3 rings (SSSR count). The lowest BCUT2D eigenvalue weighted by molar-refractivity contribution is -0.137. The summed E-state index contributed by atoms with van der Waals surface area (Å²) in [6.07, 6.45) is 1.12. The second kappa shape index (κ2) is 7.40. The van der Waals surface area contributed by atoms with Gasteiger partial charge < -0.3 is 9.64 Å². The number of piperidine rings is 1. The molecule has 1 aromatic carbocycles. The first kappa shape index (κ1) is 17.7. The van der Waals surface area contributed by atoms with Crippen LogP contribution in [0.25, 0.3) is 10.9 Å². The first-order chi connectivity index (χ1) is 11.9. The van der Waals surface area contributed by atoms with Gasteiger partial charge in [-0.25, -0.2) is 9.78 Å². The zero-order chi connectivity index (χ0) is 18.0. The van der Waals surface area contributed by atoms with E-state index in [1.165, 1.54) is 6.07 Å². The number of esters is 1. The molecular weight excluding hydrogens is 340 g/mol. The highest BCUT2D eigenvalue weighted by molar-refractivity contribution is 6.30. The van der Waals surface area contributed by atoms with E-state index in [2.05, 4.69) is 18.8 Å². The van der Waals surface area contributed by atoms with Crippen molar-refractivity contribution >= 4 is 34.4 Å². The van der Waals surface area contributed by atoms with E-state index in [-0.39, 0.29) is 17.7 Å². The largest absolute Gasteiger partial charge is 0.452 e. The number of amides is 1. The second-order valence-electron chi connectivity index (χ2n) is 6.83. The maximum Gasteiger partial charge on any atom is 0.339 e. The minimum absolute atomic E-state index is 0.156. The third kappa shape index (κ3) is 4.10. The number of carbonyl (C=O) groups excluding carboxylic acids is 2. The van der Waals surface area contributed by atoms with Gasteiger partial charge in [-0.2, -0.15) is 0 Å². The normalized spacial score (nSPS) is 20.5. The molecule has 0 bridgehead atoms. The van der Waals surface area contributed by atoms with E-state index >= 15 is 0 Å². The van der Waals surface area contributed by atoms with Crippen molar-refractivity contribution < 1.29 is 14.3 Å². The summed E-state index contributed by atoms with van der Waals surface area (Å²) in [5, 5.41) is 0.875. The number of rotatable bonds is 3. The molecule has 2 heterocycles. The molecule has 2 aromatic rings. The van der Waals surface area contributed by atoms with E-state index in [0.29, 0.717) is 41.4 Å². The van der Waals surface area contributed by atoms with Crippen LogP contribution < -0.4 is 0 Å². The van der Waals surface area contributed by atoms with Crippen molar-refractivity contribution in [3.8, 4) is 0 Å². The Kier molecular flexibility index (Phi) is 5.23. The molecule has 1 fully saturated rings. The van der Waals surface area contributed by atoms with Crippen LogP contribution in [0.5, 0.6) is 0 Å². The summed E-state index contributed by atoms with van der Waals surface area (Å²) < 4.78 is 5.26. The van der Waals surface area contributed by atoms with Crippen molar-refractivity contribution in [2.45, 2.75) is 20.3 Å². The maximum atomic E-state index is 12.4. The van der Waals surface area contributed by atoms with Gasteiger partial charge in [-0.1, -0.05) is 43.6 Å². The second-order valence-corrected chi connectivity index (χ2v) is 7.22. The van der Waals surface area contributed by atoms with E-state index < -0.39 is 5.97 Å². The van der Waals surface area contributed by atoms with E-state index in [9.17, 15) is 9.59 Å². The van der Waals surface area contributed by atoms with Crippen molar-refractivity contribution in [1.82, 2.24) is 9.88 Å². The molecule has 0 N–H and O–H groups in total. The lowest BCUT2D eigenvalue weighted by atomic mass is 9.92. The molecule has 5 nitrogen and oxygen atoms in total. The fraction of sp³-hybridized carbons (Fsp3) is 0.421. The van der Waals surface area contributed by atoms with Gasteiger partial charge in [0.05, 0.1) is 11.1 Å². The molecule has 0 unspecified atom stereocenters. The van der Waals surface area contributed by atoms with Crippen LogP contribution in [0.4, 0.5) is 0 Å². The van der Waals surface area contributed by atoms with Crippen LogP contribution in [-0.2, 0) is 9.53 Å². The van der Waals surface area contributed by atoms with Gasteiger partial charge in [0.25, 0.3) is 5.91 Å². The quantitative estimate of drug-likeness (QED) is 0.620. The molecule has 0 saturated carbocycles. The topological polar surface area (TPSA) is 59.5 Å². The summed E-state index contributed by atoms with van der Waals surface area (Å²) in [6.45, 7) is 5.43. The fourth-order valence-corrected chi connectivity index (χ4v) is 3.68. The van der Waals surface area contributed by atoms with Crippen LogP contribution >= 0.6 is 11.6 Å². The molecule has 1 aromatic heterocycles. The average molecular weight is 361 g/mol. The van der Waals surface area contributed by atoms with Gasteiger partial charge >= 0.3 is 5.97 Å². The number of hydrogen-bond acceptors (Lipinski definition) is 4. The molecule has 2 atom stereocenters. The molecule has 1 aliphatic heterocycles. The monoisotopic (exact) mass is 360 g/mol. The Morgan fingerprint density at radius 1 is 1.24 bits per heavy atom. The first-order valence-electron chi connectivity index (χ1n) is 8.44. The lowest BCUT2D eigenvalue weighted by Crippen LogP contribution is -2.44. The van der Waals surface area contributed by atoms with Crippen molar-refractivity contribution in [1.29, 1.82) is 0 Å². The number of benzene rings is 1. The number of hydrogen-bond donors (Lipinski definition) is 0. The molecular formula is C19H21ClN2O3. The number of para-hydroxylation sites is 1. The number of halogens is 1. The number of aromatic nitrogens is 1. The van der Waals surface area contributed by atoms with E-state index in [1.54, 1.807) is 17.0 Å². The number of carbonyl (C=O) groups is 2. The molecule has 25 heavy (non-hydrogen) atoms. The standard InChI is InChI=1S/C19H21ClN2O3/c1-12-7-13(2)10-22(9-12)18(23)11-25-19(24)15-8-17(20)21-16-6-4-3-5-14(15)16/h3-6,8,12-13H,7,9-11H2,1-2H3/t12-,13-/m1/s1. The molecule has 0 radical (unpaired) electrons. The highest BCUT2D eigenvalue weighted by atomic mass is 35.5. The van der Waals surface area contributed by atoms with Gasteiger partial charge in [-0.3, -0.25) is 4.79 Å². The minimum atomic E-state index is -0.563. The van der Waals surface area contributed by atoms with Gasteiger partial charge in [-0.05, 0) is 30.4 Å². The molecule has 0 aliphatic carbocycles. The average Bonchev–Trinajstić information content (AvgIpc) is 2.57. The Morgan fingerprint density at radius 3 is 2.64 bits per heavy atom. The van der Waals surface area contributed by atoms with E-state index in [1.807, 2.05) is 12.1 Å². The van der Waals surface area contributed by atoms with Gasteiger partial charge in [0.1, 0.15) is 5.15 Å². The molecule has 0 spiro atoms. The molecule has 6 heteroatoms. The Labute approximate surface area is 151 Å². The predicted molar refractivity (Wildman–Crippen MR) is 96.6 cm³/mol. The van der Waals surface area contributed by atoms with Crippen molar-refractivity contribution in [3.05, 3.63) is 41.0 Å². The van der Waals surface area contributed by atoms with Crippen molar-refractivity contribution in [3.63, 3.8) is 0 Å². The van der Waals surface area contributed by atoms with E-state index in [0.717, 1.165) is 6.42 Å². The fourth-order valence-electron chi connectivity index (χ4n) is 3.47. The summed E-state index contributed by atoms with van der Waals surface area (Å²) in [5.41, 5.74) is 0.940.